The van der Waals surface area contributed by atoms with Crippen molar-refractivity contribution >= 4 is 28.7 Å². The lowest BCUT2D eigenvalue weighted by atomic mass is 9.87. The Bertz CT molecular complexity index is 569. The van der Waals surface area contributed by atoms with E-state index in [4.69, 9.17) is 22.4 Å². The van der Waals surface area contributed by atoms with Crippen molar-refractivity contribution in [3.63, 3.8) is 0 Å². The Morgan fingerprint density at radius 3 is 2.69 bits per heavy atom. The maximum atomic E-state index is 11.1. The Hall–Kier alpha value is -1.36. The van der Waals surface area contributed by atoms with Crippen molar-refractivity contribution in [3.05, 3.63) is 34.7 Å². The van der Waals surface area contributed by atoms with E-state index in [1.807, 2.05) is 0 Å². The number of aliphatic hydroxyl groups excluding tert-OH is 1. The highest BCUT2D eigenvalue weighted by atomic mass is 35.5. The number of hydrogen-bond donors (Lipinski definition) is 3. The standard InChI is InChI=1S/C11H10ClNO3/c12-9-7-4-2-1-3-6(7)5-8(14)11(9,13)10(15)16/h1-5,8,14H,13H2,(H,15,16). The molecule has 0 aliphatic heterocycles. The average Bonchev–Trinajstić information content (AvgIpc) is 2.26. The van der Waals surface area contributed by atoms with Gasteiger partial charge in [-0.3, -0.25) is 0 Å². The van der Waals surface area contributed by atoms with Crippen LogP contribution in [-0.4, -0.2) is 27.8 Å². The molecule has 0 spiro atoms. The van der Waals surface area contributed by atoms with Gasteiger partial charge in [-0.25, -0.2) is 4.79 Å². The molecule has 84 valence electrons. The minimum absolute atomic E-state index is 0.0504. The third-order valence-corrected chi connectivity index (χ3v) is 3.23. The van der Waals surface area contributed by atoms with Crippen LogP contribution < -0.4 is 16.2 Å². The van der Waals surface area contributed by atoms with E-state index in [0.29, 0.717) is 10.4 Å². The Morgan fingerprint density at radius 1 is 1.44 bits per heavy atom. The number of fused-ring (bicyclic) bond motifs is 1. The lowest BCUT2D eigenvalue weighted by Crippen LogP contribution is -2.61. The van der Waals surface area contributed by atoms with Gasteiger partial charge in [-0.15, -0.1) is 0 Å². The number of halogens is 1. The zero-order chi connectivity index (χ0) is 11.9. The zero-order valence-corrected chi connectivity index (χ0v) is 8.98. The van der Waals surface area contributed by atoms with E-state index in [9.17, 15) is 9.90 Å². The molecule has 0 aromatic heterocycles. The molecule has 0 saturated carbocycles. The first-order valence-electron chi connectivity index (χ1n) is 4.65. The summed E-state index contributed by atoms with van der Waals surface area (Å²) in [7, 11) is 0. The first kappa shape index (κ1) is 11.1. The Balaban J connectivity index is 2.85. The maximum absolute atomic E-state index is 11.1. The molecule has 0 radical (unpaired) electrons. The topological polar surface area (TPSA) is 83.6 Å². The summed E-state index contributed by atoms with van der Waals surface area (Å²) >= 11 is 5.98. The molecule has 2 rings (SSSR count). The molecule has 5 heteroatoms. The Morgan fingerprint density at radius 2 is 2.06 bits per heavy atom. The van der Waals surface area contributed by atoms with Gasteiger partial charge in [0.1, 0.15) is 6.10 Å². The van der Waals surface area contributed by atoms with E-state index in [2.05, 4.69) is 0 Å². The predicted molar refractivity (Wildman–Crippen MR) is 60.0 cm³/mol. The van der Waals surface area contributed by atoms with Crippen molar-refractivity contribution in [2.75, 3.05) is 0 Å². The number of aliphatic hydroxyl groups is 1. The summed E-state index contributed by atoms with van der Waals surface area (Å²) in [5.74, 6) is -1.35. The van der Waals surface area contributed by atoms with Crippen molar-refractivity contribution in [1.82, 2.24) is 0 Å². The normalized spacial score (nSPS) is 28.2. The fourth-order valence-electron chi connectivity index (χ4n) is 1.72. The molecule has 0 fully saturated rings. The van der Waals surface area contributed by atoms with Crippen LogP contribution >= 0.6 is 11.6 Å². The molecule has 0 heterocycles. The maximum Gasteiger partial charge on any atom is 0.332 e. The first-order chi connectivity index (χ1) is 7.48. The van der Waals surface area contributed by atoms with Gasteiger partial charge in [0.2, 0.25) is 0 Å². The second-order valence-corrected chi connectivity index (χ2v) is 4.06. The van der Waals surface area contributed by atoms with Gasteiger partial charge in [-0.1, -0.05) is 35.9 Å². The first-order valence-corrected chi connectivity index (χ1v) is 5.03. The van der Waals surface area contributed by atoms with Gasteiger partial charge in [0.25, 0.3) is 0 Å². The van der Waals surface area contributed by atoms with Crippen LogP contribution in [0.5, 0.6) is 0 Å². The number of aliphatic carboxylic acids is 1. The molecule has 0 amide bonds. The number of nitrogens with two attached hydrogens (primary N) is 1. The molecule has 1 aromatic carbocycles. The summed E-state index contributed by atoms with van der Waals surface area (Å²) in [6, 6.07) is 6.92. The summed E-state index contributed by atoms with van der Waals surface area (Å²) in [6.07, 6.45) is 0.0578. The summed E-state index contributed by atoms with van der Waals surface area (Å²) in [6.45, 7) is 0. The van der Waals surface area contributed by atoms with Crippen molar-refractivity contribution < 1.29 is 15.0 Å². The van der Waals surface area contributed by atoms with Crippen LogP contribution in [0.4, 0.5) is 0 Å². The smallest absolute Gasteiger partial charge is 0.332 e. The van der Waals surface area contributed by atoms with E-state index in [1.165, 1.54) is 6.08 Å². The largest absolute Gasteiger partial charge is 0.480 e. The van der Waals surface area contributed by atoms with Crippen LogP contribution in [0.15, 0.2) is 24.3 Å². The van der Waals surface area contributed by atoms with E-state index in [1.54, 1.807) is 24.3 Å². The van der Waals surface area contributed by atoms with Crippen LogP contribution in [0.25, 0.3) is 11.1 Å². The zero-order valence-electron chi connectivity index (χ0n) is 8.22. The van der Waals surface area contributed by atoms with Crippen LogP contribution in [0.1, 0.15) is 0 Å². The quantitative estimate of drug-likeness (QED) is 0.585. The molecule has 1 aliphatic carbocycles. The second kappa shape index (κ2) is 3.59. The van der Waals surface area contributed by atoms with Crippen LogP contribution in [0.3, 0.4) is 0 Å². The molecular weight excluding hydrogens is 230 g/mol. The third-order valence-electron chi connectivity index (χ3n) is 2.72. The summed E-state index contributed by atoms with van der Waals surface area (Å²) < 4.78 is 0. The Labute approximate surface area is 96.3 Å². The van der Waals surface area contributed by atoms with Crippen molar-refractivity contribution in [2.24, 2.45) is 5.73 Å². The van der Waals surface area contributed by atoms with Gasteiger partial charge in [0.05, 0.1) is 5.03 Å². The van der Waals surface area contributed by atoms with E-state index < -0.39 is 17.6 Å². The summed E-state index contributed by atoms with van der Waals surface area (Å²) in [5, 5.41) is 20.0. The molecular formula is C11H10ClNO3. The number of benzene rings is 1. The molecule has 1 aliphatic rings. The van der Waals surface area contributed by atoms with Gasteiger partial charge in [-0.2, -0.15) is 0 Å². The van der Waals surface area contributed by atoms with Gasteiger partial charge in [0, 0.05) is 0 Å². The lowest BCUT2D eigenvalue weighted by Gasteiger charge is -2.30. The SMILES string of the molecule is NC1(C(=O)O)C(Cl)=c2ccccc2=CC1O. The van der Waals surface area contributed by atoms with Gasteiger partial charge < -0.3 is 15.9 Å². The third kappa shape index (κ3) is 1.35. The average molecular weight is 240 g/mol. The molecule has 1 aromatic rings. The monoisotopic (exact) mass is 239 g/mol. The van der Waals surface area contributed by atoms with Gasteiger partial charge in [0.15, 0.2) is 5.54 Å². The van der Waals surface area contributed by atoms with Gasteiger partial charge >= 0.3 is 5.97 Å². The van der Waals surface area contributed by atoms with Gasteiger partial charge in [-0.05, 0) is 16.5 Å². The minimum atomic E-state index is -1.96. The van der Waals surface area contributed by atoms with Crippen molar-refractivity contribution in [2.45, 2.75) is 11.6 Å². The summed E-state index contributed by atoms with van der Waals surface area (Å²) in [4.78, 5) is 11.1. The number of carbonyl (C=O) groups is 1. The van der Waals surface area contributed by atoms with Crippen molar-refractivity contribution in [3.8, 4) is 0 Å². The molecule has 2 unspecified atom stereocenters. The molecule has 4 N–H and O–H groups in total. The molecule has 0 saturated heterocycles. The molecule has 4 nitrogen and oxygen atoms in total. The van der Waals surface area contributed by atoms with Crippen LogP contribution in [0.2, 0.25) is 0 Å². The number of hydrogen-bond acceptors (Lipinski definition) is 3. The van der Waals surface area contributed by atoms with E-state index in [0.717, 1.165) is 0 Å². The highest BCUT2D eigenvalue weighted by Crippen LogP contribution is 2.25. The number of carboxylic acids is 1. The highest BCUT2D eigenvalue weighted by molar-refractivity contribution is 6.49. The van der Waals surface area contributed by atoms with E-state index >= 15 is 0 Å². The molecule has 0 bridgehead atoms. The van der Waals surface area contributed by atoms with E-state index in [-0.39, 0.29) is 5.03 Å². The Kier molecular flexibility index (Phi) is 2.50. The fourth-order valence-corrected chi connectivity index (χ4v) is 2.08. The molecule has 2 atom stereocenters. The van der Waals surface area contributed by atoms with Crippen molar-refractivity contribution in [1.29, 1.82) is 0 Å². The fraction of sp³-hybridized carbons (Fsp3) is 0.182. The second-order valence-electron chi connectivity index (χ2n) is 3.69. The predicted octanol–water partition coefficient (Wildman–Crippen LogP) is -1.03. The lowest BCUT2D eigenvalue weighted by molar-refractivity contribution is -0.143. The number of rotatable bonds is 1. The number of carboxylic acid groups (broad SMARTS) is 1. The summed E-state index contributed by atoms with van der Waals surface area (Å²) in [5.41, 5.74) is 3.69. The van der Waals surface area contributed by atoms with Crippen LogP contribution in [0, 0.1) is 0 Å². The van der Waals surface area contributed by atoms with Crippen LogP contribution in [-0.2, 0) is 4.79 Å². The highest BCUT2D eigenvalue weighted by Gasteiger charge is 2.45. The molecule has 16 heavy (non-hydrogen) atoms. The minimum Gasteiger partial charge on any atom is -0.480 e.